The van der Waals surface area contributed by atoms with Crippen LogP contribution in [0.15, 0.2) is 24.3 Å². The number of nitrogens with one attached hydrogen (secondary N) is 2. The molecule has 0 aromatic heterocycles. The fourth-order valence-electron chi connectivity index (χ4n) is 2.12. The molecule has 0 saturated carbocycles. The zero-order valence-corrected chi connectivity index (χ0v) is 15.1. The van der Waals surface area contributed by atoms with E-state index in [2.05, 4.69) is 40.4 Å². The van der Waals surface area contributed by atoms with Gasteiger partial charge in [-0.05, 0) is 24.0 Å². The van der Waals surface area contributed by atoms with Gasteiger partial charge in [0.25, 0.3) is 0 Å². The topological polar surface area (TPSA) is 58.2 Å². The number of hydrogen-bond acceptors (Lipinski definition) is 2. The molecule has 0 spiro atoms. The van der Waals surface area contributed by atoms with Crippen LogP contribution in [0.25, 0.3) is 0 Å². The number of alkyl halides is 1. The Balaban J connectivity index is 2.43. The third-order valence-corrected chi connectivity index (χ3v) is 4.21. The monoisotopic (exact) mass is 368 g/mol. The Morgan fingerprint density at radius 3 is 2.55 bits per heavy atom. The molecule has 2 amide bonds. The summed E-state index contributed by atoms with van der Waals surface area (Å²) < 4.78 is 0. The third-order valence-electron chi connectivity index (χ3n) is 3.33. The Morgan fingerprint density at radius 1 is 1.23 bits per heavy atom. The highest BCUT2D eigenvalue weighted by atomic mass is 79.9. The van der Waals surface area contributed by atoms with Crippen molar-refractivity contribution in [3.8, 4) is 0 Å². The molecule has 1 aromatic carbocycles. The van der Waals surface area contributed by atoms with E-state index in [-0.39, 0.29) is 23.1 Å². The Bertz CT molecular complexity index is 503. The first-order valence-corrected chi connectivity index (χ1v) is 8.67. The second-order valence-corrected chi connectivity index (χ2v) is 6.69. The van der Waals surface area contributed by atoms with Crippen LogP contribution in [0, 0.1) is 0 Å². The highest BCUT2D eigenvalue weighted by molar-refractivity contribution is 9.10. The van der Waals surface area contributed by atoms with Crippen molar-refractivity contribution >= 4 is 33.4 Å². The van der Waals surface area contributed by atoms with Gasteiger partial charge in [0.2, 0.25) is 11.8 Å². The van der Waals surface area contributed by atoms with Gasteiger partial charge < -0.3 is 10.6 Å². The van der Waals surface area contributed by atoms with Crippen LogP contribution in [-0.2, 0) is 9.59 Å². The summed E-state index contributed by atoms with van der Waals surface area (Å²) in [6, 6.07) is 7.79. The van der Waals surface area contributed by atoms with Crippen LogP contribution in [0.2, 0.25) is 0 Å². The average Bonchev–Trinajstić information content (AvgIpc) is 2.47. The van der Waals surface area contributed by atoms with Gasteiger partial charge in [0.15, 0.2) is 0 Å². The molecule has 2 N–H and O–H groups in total. The first kappa shape index (κ1) is 18.7. The summed E-state index contributed by atoms with van der Waals surface area (Å²) in [4.78, 5) is 23.5. The summed E-state index contributed by atoms with van der Waals surface area (Å²) >= 11 is 3.34. The van der Waals surface area contributed by atoms with Gasteiger partial charge in [-0.15, -0.1) is 0 Å². The number of anilines is 1. The van der Waals surface area contributed by atoms with E-state index >= 15 is 0 Å². The van der Waals surface area contributed by atoms with E-state index in [0.717, 1.165) is 24.1 Å². The maximum atomic E-state index is 12.0. The largest absolute Gasteiger partial charge is 0.355 e. The summed E-state index contributed by atoms with van der Waals surface area (Å²) in [6.45, 7) is 6.56. The summed E-state index contributed by atoms with van der Waals surface area (Å²) in [6.07, 6.45) is 2.00. The molecule has 22 heavy (non-hydrogen) atoms. The third kappa shape index (κ3) is 6.18. The molecular weight excluding hydrogens is 344 g/mol. The van der Waals surface area contributed by atoms with E-state index in [9.17, 15) is 9.59 Å². The lowest BCUT2D eigenvalue weighted by atomic mass is 10.0. The second kappa shape index (κ2) is 9.62. The van der Waals surface area contributed by atoms with Crippen molar-refractivity contribution in [2.75, 3.05) is 11.9 Å². The van der Waals surface area contributed by atoms with Gasteiger partial charge in [0.05, 0.1) is 4.83 Å². The summed E-state index contributed by atoms with van der Waals surface area (Å²) in [7, 11) is 0. The Morgan fingerprint density at radius 2 is 1.91 bits per heavy atom. The Labute approximate surface area is 141 Å². The van der Waals surface area contributed by atoms with Crippen molar-refractivity contribution in [2.45, 2.75) is 50.8 Å². The van der Waals surface area contributed by atoms with Crippen molar-refractivity contribution in [1.82, 2.24) is 5.32 Å². The number of carbonyl (C=O) groups is 2. The van der Waals surface area contributed by atoms with Crippen LogP contribution in [-0.4, -0.2) is 23.2 Å². The van der Waals surface area contributed by atoms with Crippen molar-refractivity contribution < 1.29 is 9.59 Å². The SMILES string of the molecule is CCCC(Br)C(=O)NCCC(=O)Nc1ccccc1C(C)C. The molecule has 5 heteroatoms. The molecule has 0 aliphatic heterocycles. The fraction of sp³-hybridized carbons (Fsp3) is 0.529. The predicted molar refractivity (Wildman–Crippen MR) is 94.4 cm³/mol. The summed E-state index contributed by atoms with van der Waals surface area (Å²) in [5.41, 5.74) is 1.96. The normalized spacial score (nSPS) is 12.0. The molecule has 0 aliphatic carbocycles. The highest BCUT2D eigenvalue weighted by Gasteiger charge is 2.14. The van der Waals surface area contributed by atoms with Crippen LogP contribution in [0.5, 0.6) is 0 Å². The van der Waals surface area contributed by atoms with E-state index < -0.39 is 0 Å². The second-order valence-electron chi connectivity index (χ2n) is 5.59. The van der Waals surface area contributed by atoms with Crippen LogP contribution in [0.1, 0.15) is 51.5 Å². The standard InChI is InChI=1S/C17H25BrN2O2/c1-4-7-14(18)17(22)19-11-10-16(21)20-15-9-6-5-8-13(15)12(2)3/h5-6,8-9,12,14H,4,7,10-11H2,1-3H3,(H,19,22)(H,20,21). The number of carbonyl (C=O) groups excluding carboxylic acids is 2. The Kier molecular flexibility index (Phi) is 8.17. The van der Waals surface area contributed by atoms with Crippen molar-refractivity contribution in [3.05, 3.63) is 29.8 Å². The van der Waals surface area contributed by atoms with E-state index in [4.69, 9.17) is 0 Å². The zero-order chi connectivity index (χ0) is 16.5. The van der Waals surface area contributed by atoms with Gasteiger partial charge in [-0.3, -0.25) is 9.59 Å². The smallest absolute Gasteiger partial charge is 0.233 e. The molecule has 1 aromatic rings. The van der Waals surface area contributed by atoms with Crippen molar-refractivity contribution in [1.29, 1.82) is 0 Å². The number of hydrogen-bond donors (Lipinski definition) is 2. The molecule has 0 aliphatic rings. The van der Waals surface area contributed by atoms with Crippen molar-refractivity contribution in [2.24, 2.45) is 0 Å². The molecule has 0 radical (unpaired) electrons. The molecule has 1 atom stereocenters. The van der Waals surface area contributed by atoms with Crippen molar-refractivity contribution in [3.63, 3.8) is 0 Å². The highest BCUT2D eigenvalue weighted by Crippen LogP contribution is 2.23. The molecule has 0 heterocycles. The number of amides is 2. The van der Waals surface area contributed by atoms with Crippen LogP contribution >= 0.6 is 15.9 Å². The number of halogens is 1. The van der Waals surface area contributed by atoms with Crippen LogP contribution in [0.3, 0.4) is 0 Å². The van der Waals surface area contributed by atoms with E-state index in [1.807, 2.05) is 31.2 Å². The lowest BCUT2D eigenvalue weighted by molar-refractivity contribution is -0.120. The molecule has 0 fully saturated rings. The Hall–Kier alpha value is -1.36. The molecule has 1 unspecified atom stereocenters. The molecular formula is C17H25BrN2O2. The fourth-order valence-corrected chi connectivity index (χ4v) is 2.74. The van der Waals surface area contributed by atoms with Crippen LogP contribution < -0.4 is 10.6 Å². The number of rotatable bonds is 8. The van der Waals surface area contributed by atoms with Gasteiger partial charge in [-0.1, -0.05) is 61.3 Å². The van der Waals surface area contributed by atoms with Gasteiger partial charge in [0.1, 0.15) is 0 Å². The molecule has 122 valence electrons. The lowest BCUT2D eigenvalue weighted by Crippen LogP contribution is -2.33. The van der Waals surface area contributed by atoms with Gasteiger partial charge in [0, 0.05) is 18.7 Å². The predicted octanol–water partition coefficient (Wildman–Crippen LogP) is 3.82. The summed E-state index contributed by atoms with van der Waals surface area (Å²) in [5, 5.41) is 5.69. The van der Waals surface area contributed by atoms with Gasteiger partial charge in [-0.2, -0.15) is 0 Å². The first-order valence-electron chi connectivity index (χ1n) is 7.76. The lowest BCUT2D eigenvalue weighted by Gasteiger charge is -2.14. The molecule has 0 bridgehead atoms. The quantitative estimate of drug-likeness (QED) is 0.685. The number of benzene rings is 1. The minimum atomic E-state index is -0.178. The maximum absolute atomic E-state index is 12.0. The minimum Gasteiger partial charge on any atom is -0.355 e. The minimum absolute atomic E-state index is 0.0581. The zero-order valence-electron chi connectivity index (χ0n) is 13.5. The maximum Gasteiger partial charge on any atom is 0.233 e. The van der Waals surface area contributed by atoms with E-state index in [1.54, 1.807) is 0 Å². The molecule has 0 saturated heterocycles. The molecule has 1 rings (SSSR count). The molecule has 4 nitrogen and oxygen atoms in total. The number of para-hydroxylation sites is 1. The average molecular weight is 369 g/mol. The van der Waals surface area contributed by atoms with E-state index in [1.165, 1.54) is 0 Å². The van der Waals surface area contributed by atoms with Gasteiger partial charge >= 0.3 is 0 Å². The van der Waals surface area contributed by atoms with Crippen LogP contribution in [0.4, 0.5) is 5.69 Å². The van der Waals surface area contributed by atoms with Gasteiger partial charge in [-0.25, -0.2) is 0 Å². The first-order chi connectivity index (χ1) is 10.5. The summed E-state index contributed by atoms with van der Waals surface area (Å²) in [5.74, 6) is 0.201. The van der Waals surface area contributed by atoms with E-state index in [0.29, 0.717) is 12.5 Å².